The third kappa shape index (κ3) is 4.22. The van der Waals surface area contributed by atoms with E-state index in [0.717, 1.165) is 50.0 Å². The number of likely N-dealkylation sites (tertiary alicyclic amines) is 1. The maximum Gasteiger partial charge on any atom is 0.278 e. The Labute approximate surface area is 257 Å². The number of nitrogens with one attached hydrogen (secondary N) is 1. The van der Waals surface area contributed by atoms with Crippen LogP contribution in [0.5, 0.6) is 0 Å². The van der Waals surface area contributed by atoms with E-state index in [1.165, 1.54) is 31.6 Å². The van der Waals surface area contributed by atoms with E-state index in [-0.39, 0.29) is 17.5 Å². The SMILES string of the molecule is C=CCn1c(=O)c2cnc(Nc3ccc(N4CCC5(CC4)CN(C)C5)cc3)nc2n1-c1ccc2c(n1)C(C)(O)C1(CC2)CC1. The number of piperidine rings is 1. The molecule has 3 fully saturated rings. The quantitative estimate of drug-likeness (QED) is 0.318. The highest BCUT2D eigenvalue weighted by atomic mass is 16.3. The van der Waals surface area contributed by atoms with Crippen LogP contribution >= 0.6 is 0 Å². The van der Waals surface area contributed by atoms with E-state index in [0.29, 0.717) is 33.9 Å². The van der Waals surface area contributed by atoms with E-state index in [1.54, 1.807) is 21.6 Å². The number of allylic oxidation sites excluding steroid dienone is 1. The van der Waals surface area contributed by atoms with E-state index in [1.807, 2.05) is 19.1 Å². The van der Waals surface area contributed by atoms with Crippen molar-refractivity contribution >= 4 is 28.4 Å². The van der Waals surface area contributed by atoms with Gasteiger partial charge in [-0.1, -0.05) is 12.1 Å². The minimum Gasteiger partial charge on any atom is -0.383 e. The molecule has 1 unspecified atom stereocenters. The normalized spacial score (nSPS) is 23.5. The van der Waals surface area contributed by atoms with Crippen molar-refractivity contribution < 1.29 is 5.11 Å². The first-order valence-electron chi connectivity index (χ1n) is 15.8. The zero-order valence-electron chi connectivity index (χ0n) is 25.6. The molecule has 2 saturated heterocycles. The Kier molecular flexibility index (Phi) is 6.09. The predicted octanol–water partition coefficient (Wildman–Crippen LogP) is 4.37. The molecule has 2 N–H and O–H groups in total. The van der Waals surface area contributed by atoms with Gasteiger partial charge in [-0.15, -0.1) is 6.58 Å². The summed E-state index contributed by atoms with van der Waals surface area (Å²) in [6, 6.07) is 12.4. The number of hydrogen-bond acceptors (Lipinski definition) is 8. The number of aliphatic hydroxyl groups is 1. The molecule has 4 aromatic rings. The maximum atomic E-state index is 13.5. The average molecular weight is 593 g/mol. The van der Waals surface area contributed by atoms with Gasteiger partial charge >= 0.3 is 0 Å². The summed E-state index contributed by atoms with van der Waals surface area (Å²) in [6.07, 6.45) is 9.65. The first-order valence-corrected chi connectivity index (χ1v) is 15.8. The molecule has 2 aliphatic carbocycles. The minimum absolute atomic E-state index is 0.0935. The first kappa shape index (κ1) is 27.5. The van der Waals surface area contributed by atoms with Gasteiger partial charge in [-0.25, -0.2) is 19.3 Å². The number of pyridine rings is 1. The van der Waals surface area contributed by atoms with Gasteiger partial charge in [0.05, 0.1) is 12.2 Å². The topological polar surface area (TPSA) is 104 Å². The zero-order chi connectivity index (χ0) is 30.3. The average Bonchev–Trinajstić information content (AvgIpc) is 3.76. The molecule has 8 rings (SSSR count). The number of aryl methyl sites for hydroxylation is 1. The van der Waals surface area contributed by atoms with E-state index >= 15 is 0 Å². The second-order valence-corrected chi connectivity index (χ2v) is 13.8. The summed E-state index contributed by atoms with van der Waals surface area (Å²) in [5.41, 5.74) is 3.53. The molecule has 5 heterocycles. The van der Waals surface area contributed by atoms with Gasteiger partial charge in [0.2, 0.25) is 5.95 Å². The molecule has 1 aromatic carbocycles. The van der Waals surface area contributed by atoms with Crippen molar-refractivity contribution in [3.8, 4) is 5.82 Å². The molecule has 2 aliphatic heterocycles. The van der Waals surface area contributed by atoms with Crippen LogP contribution in [0, 0.1) is 10.8 Å². The van der Waals surface area contributed by atoms with Crippen LogP contribution in [-0.4, -0.2) is 67.5 Å². The van der Waals surface area contributed by atoms with E-state index in [9.17, 15) is 9.90 Å². The molecular formula is C34H40N8O2. The van der Waals surface area contributed by atoms with Gasteiger partial charge in [0.25, 0.3) is 5.56 Å². The van der Waals surface area contributed by atoms with Gasteiger partial charge in [0, 0.05) is 49.2 Å². The largest absolute Gasteiger partial charge is 0.383 e. The fraction of sp³-hybridized carbons (Fsp3) is 0.471. The minimum atomic E-state index is -1.01. The molecule has 2 spiro atoms. The number of aromatic nitrogens is 5. The Morgan fingerprint density at radius 1 is 1.02 bits per heavy atom. The van der Waals surface area contributed by atoms with Crippen LogP contribution in [0.15, 0.2) is 60.0 Å². The number of rotatable bonds is 6. The van der Waals surface area contributed by atoms with Crippen molar-refractivity contribution in [3.05, 3.63) is 76.9 Å². The second-order valence-electron chi connectivity index (χ2n) is 13.8. The summed E-state index contributed by atoms with van der Waals surface area (Å²) < 4.78 is 3.32. The fourth-order valence-electron chi connectivity index (χ4n) is 8.12. The molecular weight excluding hydrogens is 552 g/mol. The number of anilines is 3. The highest BCUT2D eigenvalue weighted by Gasteiger charge is 2.59. The van der Waals surface area contributed by atoms with Crippen molar-refractivity contribution in [1.82, 2.24) is 29.2 Å². The Balaban J connectivity index is 1.09. The van der Waals surface area contributed by atoms with Crippen LogP contribution in [0.1, 0.15) is 50.3 Å². The Hall–Kier alpha value is -4.02. The molecule has 0 radical (unpaired) electrons. The lowest BCUT2D eigenvalue weighted by Crippen LogP contribution is -2.58. The predicted molar refractivity (Wildman–Crippen MR) is 172 cm³/mol. The third-order valence-corrected chi connectivity index (χ3v) is 10.9. The summed E-state index contributed by atoms with van der Waals surface area (Å²) in [7, 11) is 2.21. The van der Waals surface area contributed by atoms with Crippen LogP contribution in [-0.2, 0) is 18.6 Å². The summed E-state index contributed by atoms with van der Waals surface area (Å²) in [5, 5.41) is 15.4. The van der Waals surface area contributed by atoms with Gasteiger partial charge in [-0.05, 0) is 93.8 Å². The number of benzene rings is 1. The van der Waals surface area contributed by atoms with Crippen LogP contribution in [0.25, 0.3) is 16.9 Å². The smallest absolute Gasteiger partial charge is 0.278 e. The molecule has 228 valence electrons. The summed E-state index contributed by atoms with van der Waals surface area (Å²) in [6.45, 7) is 10.7. The summed E-state index contributed by atoms with van der Waals surface area (Å²) >= 11 is 0. The summed E-state index contributed by atoms with van der Waals surface area (Å²) in [4.78, 5) is 32.7. The third-order valence-electron chi connectivity index (χ3n) is 10.9. The highest BCUT2D eigenvalue weighted by Crippen LogP contribution is 2.63. The lowest BCUT2D eigenvalue weighted by molar-refractivity contribution is -0.0371. The van der Waals surface area contributed by atoms with E-state index in [2.05, 4.69) is 58.0 Å². The fourth-order valence-corrected chi connectivity index (χ4v) is 8.12. The van der Waals surface area contributed by atoms with E-state index < -0.39 is 5.60 Å². The maximum absolute atomic E-state index is 13.5. The lowest BCUT2D eigenvalue weighted by atomic mass is 9.72. The second kappa shape index (κ2) is 9.74. The summed E-state index contributed by atoms with van der Waals surface area (Å²) in [5.74, 6) is 0.937. The number of nitrogens with zero attached hydrogens (tertiary/aromatic N) is 7. The highest BCUT2D eigenvalue weighted by molar-refractivity contribution is 5.77. The molecule has 3 aromatic heterocycles. The Morgan fingerprint density at radius 2 is 1.77 bits per heavy atom. The molecule has 10 heteroatoms. The molecule has 0 bridgehead atoms. The van der Waals surface area contributed by atoms with E-state index in [4.69, 9.17) is 9.97 Å². The standard InChI is InChI=1S/C34H40N8O2/c1-4-17-41-30(43)26-20-35-31(36-24-6-8-25(9-7-24)40-18-15-33(16-19-40)21-39(3)22-33)38-29(26)42(41)27-10-5-23-11-12-34(13-14-34)32(2,44)28(23)37-27/h4-10,20,44H,1,11-19,21-22H2,2-3H3,(H,35,36,38). The van der Waals surface area contributed by atoms with Crippen molar-refractivity contribution in [2.24, 2.45) is 10.8 Å². The van der Waals surface area contributed by atoms with Crippen LogP contribution in [0.2, 0.25) is 0 Å². The molecule has 10 nitrogen and oxygen atoms in total. The molecule has 1 atom stereocenters. The van der Waals surface area contributed by atoms with Gasteiger partial charge < -0.3 is 20.2 Å². The lowest BCUT2D eigenvalue weighted by Gasteiger charge is -2.53. The molecule has 44 heavy (non-hydrogen) atoms. The van der Waals surface area contributed by atoms with Crippen molar-refractivity contribution in [3.63, 3.8) is 0 Å². The molecule has 4 aliphatic rings. The van der Waals surface area contributed by atoms with Crippen molar-refractivity contribution in [1.29, 1.82) is 0 Å². The number of hydrogen-bond donors (Lipinski definition) is 2. The number of fused-ring (bicyclic) bond motifs is 2. The van der Waals surface area contributed by atoms with Gasteiger partial charge in [-0.2, -0.15) is 4.98 Å². The monoisotopic (exact) mass is 592 g/mol. The molecule has 0 amide bonds. The Morgan fingerprint density at radius 3 is 2.45 bits per heavy atom. The first-order chi connectivity index (χ1) is 21.2. The van der Waals surface area contributed by atoms with Gasteiger partial charge in [0.1, 0.15) is 11.0 Å². The van der Waals surface area contributed by atoms with Crippen molar-refractivity contribution in [2.45, 2.75) is 57.6 Å². The van der Waals surface area contributed by atoms with Crippen LogP contribution < -0.4 is 15.8 Å². The molecule has 1 saturated carbocycles. The van der Waals surface area contributed by atoms with Gasteiger partial charge in [0.15, 0.2) is 11.5 Å². The van der Waals surface area contributed by atoms with Crippen molar-refractivity contribution in [2.75, 3.05) is 43.4 Å². The van der Waals surface area contributed by atoms with Crippen LogP contribution in [0.4, 0.5) is 17.3 Å². The zero-order valence-corrected chi connectivity index (χ0v) is 25.6. The van der Waals surface area contributed by atoms with Crippen LogP contribution in [0.3, 0.4) is 0 Å². The van der Waals surface area contributed by atoms with Gasteiger partial charge in [-0.3, -0.25) is 4.79 Å². The Bertz CT molecular complexity index is 1820.